The van der Waals surface area contributed by atoms with Crippen LogP contribution in [0.3, 0.4) is 0 Å². The van der Waals surface area contributed by atoms with Crippen molar-refractivity contribution in [3.05, 3.63) is 12.2 Å². The zero-order chi connectivity index (χ0) is 33.7. The van der Waals surface area contributed by atoms with Gasteiger partial charge in [-0.1, -0.05) is 109 Å². The standard InChI is InChI=1S/C35H68NO8P/c1-6-8-10-12-14-16-17-18-20-22-24-26-28-35(38)44-33(32-43-45(39,40)42-30-29-36(3,4)5)31-41-34(37)27-25-23-21-19-15-13-11-9-7-2/h14,16,33H,6-13,15,17-32H2,1-5H3/b16-14+/t33-/m1/s1. The summed E-state index contributed by atoms with van der Waals surface area (Å²) in [5.74, 6) is -0.848. The van der Waals surface area contributed by atoms with E-state index in [9.17, 15) is 19.0 Å². The molecule has 0 fully saturated rings. The van der Waals surface area contributed by atoms with E-state index >= 15 is 0 Å². The van der Waals surface area contributed by atoms with E-state index in [0.29, 0.717) is 17.4 Å². The number of ether oxygens (including phenoxy) is 2. The van der Waals surface area contributed by atoms with Crippen molar-refractivity contribution in [1.82, 2.24) is 0 Å². The first-order chi connectivity index (χ1) is 21.5. The van der Waals surface area contributed by atoms with Crippen LogP contribution in [-0.4, -0.2) is 70.0 Å². The lowest BCUT2D eigenvalue weighted by Gasteiger charge is -2.28. The molecule has 0 amide bonds. The fraction of sp³-hybridized carbons (Fsp3) is 0.886. The molecule has 0 N–H and O–H groups in total. The van der Waals surface area contributed by atoms with Gasteiger partial charge in [-0.15, -0.1) is 0 Å². The molecule has 0 spiro atoms. The van der Waals surface area contributed by atoms with E-state index in [4.69, 9.17) is 18.5 Å². The number of carbonyl (C=O) groups excluding carboxylic acids is 2. The van der Waals surface area contributed by atoms with Crippen molar-refractivity contribution in [1.29, 1.82) is 0 Å². The SMILES string of the molecule is CCCCC/C=C/CCCCCCCC(=O)O[C@H](COC(=O)CCCCCCCCCCC)COP(=O)([O-])OCC[N+](C)(C)C. The maximum absolute atomic E-state index is 12.5. The van der Waals surface area contributed by atoms with E-state index in [1.165, 1.54) is 57.8 Å². The summed E-state index contributed by atoms with van der Waals surface area (Å²) < 4.78 is 33.6. The highest BCUT2D eigenvalue weighted by atomic mass is 31.2. The lowest BCUT2D eigenvalue weighted by atomic mass is 10.1. The minimum atomic E-state index is -4.61. The third kappa shape index (κ3) is 32.5. The Balaban J connectivity index is 4.49. The average molecular weight is 662 g/mol. The van der Waals surface area contributed by atoms with Crippen LogP contribution in [0.5, 0.6) is 0 Å². The van der Waals surface area contributed by atoms with Gasteiger partial charge in [-0.05, 0) is 38.5 Å². The lowest BCUT2D eigenvalue weighted by Crippen LogP contribution is -2.37. The fourth-order valence-corrected chi connectivity index (χ4v) is 5.38. The Morgan fingerprint density at radius 3 is 1.69 bits per heavy atom. The molecule has 9 nitrogen and oxygen atoms in total. The molecule has 266 valence electrons. The quantitative estimate of drug-likeness (QED) is 0.0232. The molecule has 0 aromatic heterocycles. The van der Waals surface area contributed by atoms with Gasteiger partial charge in [-0.25, -0.2) is 0 Å². The van der Waals surface area contributed by atoms with Gasteiger partial charge in [0, 0.05) is 12.8 Å². The van der Waals surface area contributed by atoms with Gasteiger partial charge in [-0.2, -0.15) is 0 Å². The van der Waals surface area contributed by atoms with E-state index in [1.807, 2.05) is 21.1 Å². The van der Waals surface area contributed by atoms with E-state index < -0.39 is 26.5 Å². The first kappa shape index (κ1) is 43.8. The molecule has 0 aromatic rings. The predicted molar refractivity (Wildman–Crippen MR) is 181 cm³/mol. The van der Waals surface area contributed by atoms with Crippen LogP contribution in [0.15, 0.2) is 12.2 Å². The topological polar surface area (TPSA) is 111 Å². The second-order valence-corrected chi connectivity index (χ2v) is 14.6. The zero-order valence-electron chi connectivity index (χ0n) is 29.6. The Hall–Kier alpha value is -1.25. The summed E-state index contributed by atoms with van der Waals surface area (Å²) >= 11 is 0. The van der Waals surface area contributed by atoms with Crippen molar-refractivity contribution >= 4 is 19.8 Å². The fourth-order valence-electron chi connectivity index (χ4n) is 4.65. The highest BCUT2D eigenvalue weighted by molar-refractivity contribution is 7.45. The molecule has 10 heteroatoms. The van der Waals surface area contributed by atoms with Crippen LogP contribution in [0.1, 0.15) is 149 Å². The Morgan fingerprint density at radius 2 is 1.13 bits per heavy atom. The Labute approximate surface area is 276 Å². The minimum Gasteiger partial charge on any atom is -0.756 e. The number of esters is 2. The van der Waals surface area contributed by atoms with Crippen molar-refractivity contribution in [3.8, 4) is 0 Å². The highest BCUT2D eigenvalue weighted by Crippen LogP contribution is 2.38. The molecule has 0 aliphatic rings. The van der Waals surface area contributed by atoms with Gasteiger partial charge in [0.2, 0.25) is 0 Å². The van der Waals surface area contributed by atoms with Crippen molar-refractivity contribution in [2.45, 2.75) is 155 Å². The third-order valence-corrected chi connectivity index (χ3v) is 8.50. The first-order valence-electron chi connectivity index (χ1n) is 17.9. The Kier molecular flexibility index (Phi) is 28.1. The highest BCUT2D eigenvalue weighted by Gasteiger charge is 2.21. The van der Waals surface area contributed by atoms with E-state index in [0.717, 1.165) is 57.8 Å². The van der Waals surface area contributed by atoms with Crippen LogP contribution in [0.2, 0.25) is 0 Å². The average Bonchev–Trinajstić information content (AvgIpc) is 2.97. The number of unbranched alkanes of at least 4 members (excludes halogenated alkanes) is 16. The first-order valence-corrected chi connectivity index (χ1v) is 19.4. The van der Waals surface area contributed by atoms with Gasteiger partial charge in [0.1, 0.15) is 19.8 Å². The van der Waals surface area contributed by atoms with Crippen LogP contribution >= 0.6 is 7.82 Å². The second kappa shape index (κ2) is 28.9. The van der Waals surface area contributed by atoms with Gasteiger partial charge in [-0.3, -0.25) is 14.2 Å². The molecule has 0 radical (unpaired) electrons. The molecular formula is C35H68NO8P. The number of hydrogen-bond donors (Lipinski definition) is 0. The monoisotopic (exact) mass is 661 g/mol. The van der Waals surface area contributed by atoms with Crippen LogP contribution in [-0.2, 0) is 32.7 Å². The molecule has 0 saturated carbocycles. The lowest BCUT2D eigenvalue weighted by molar-refractivity contribution is -0.870. The van der Waals surface area contributed by atoms with Crippen LogP contribution < -0.4 is 4.89 Å². The number of phosphoric ester groups is 1. The largest absolute Gasteiger partial charge is 0.756 e. The van der Waals surface area contributed by atoms with Gasteiger partial charge in [0.05, 0.1) is 27.7 Å². The number of carbonyl (C=O) groups is 2. The van der Waals surface area contributed by atoms with Crippen molar-refractivity contribution in [3.63, 3.8) is 0 Å². The summed E-state index contributed by atoms with van der Waals surface area (Å²) in [7, 11) is 1.16. The van der Waals surface area contributed by atoms with Gasteiger partial charge in [0.15, 0.2) is 6.10 Å². The smallest absolute Gasteiger partial charge is 0.306 e. The number of nitrogens with zero attached hydrogens (tertiary/aromatic N) is 1. The number of likely N-dealkylation sites (N-methyl/N-ethyl adjacent to an activating group) is 1. The molecule has 0 saturated heterocycles. The molecule has 0 bridgehead atoms. The Morgan fingerprint density at radius 1 is 0.667 bits per heavy atom. The van der Waals surface area contributed by atoms with E-state index in [1.54, 1.807) is 0 Å². The number of quaternary nitrogens is 1. The summed E-state index contributed by atoms with van der Waals surface area (Å²) in [6.45, 7) is 4.15. The number of hydrogen-bond acceptors (Lipinski definition) is 8. The molecule has 0 heterocycles. The summed E-state index contributed by atoms with van der Waals surface area (Å²) in [4.78, 5) is 37.1. The molecule has 1 unspecified atom stereocenters. The van der Waals surface area contributed by atoms with Crippen LogP contribution in [0.4, 0.5) is 0 Å². The summed E-state index contributed by atoms with van der Waals surface area (Å²) in [6, 6.07) is 0. The van der Waals surface area contributed by atoms with Crippen LogP contribution in [0, 0.1) is 0 Å². The van der Waals surface area contributed by atoms with E-state index in [-0.39, 0.29) is 32.0 Å². The molecule has 0 rings (SSSR count). The number of rotatable bonds is 32. The van der Waals surface area contributed by atoms with Crippen molar-refractivity contribution in [2.75, 3.05) is 47.5 Å². The normalized spacial score (nSPS) is 14.0. The third-order valence-electron chi connectivity index (χ3n) is 7.54. The number of phosphoric acid groups is 1. The van der Waals surface area contributed by atoms with Crippen LogP contribution in [0.25, 0.3) is 0 Å². The van der Waals surface area contributed by atoms with Crippen molar-refractivity contribution < 1.29 is 42.1 Å². The maximum Gasteiger partial charge on any atom is 0.306 e. The molecule has 0 aliphatic carbocycles. The summed E-state index contributed by atoms with van der Waals surface area (Å²) in [5, 5.41) is 0. The molecule has 0 aliphatic heterocycles. The number of allylic oxidation sites excluding steroid dienone is 2. The molecule has 2 atom stereocenters. The predicted octanol–water partition coefficient (Wildman–Crippen LogP) is 8.44. The van der Waals surface area contributed by atoms with Gasteiger partial charge < -0.3 is 27.9 Å². The summed E-state index contributed by atoms with van der Waals surface area (Å²) in [5.41, 5.74) is 0. The second-order valence-electron chi connectivity index (χ2n) is 13.2. The van der Waals surface area contributed by atoms with Gasteiger partial charge >= 0.3 is 11.9 Å². The van der Waals surface area contributed by atoms with E-state index in [2.05, 4.69) is 26.0 Å². The molecule has 45 heavy (non-hydrogen) atoms. The van der Waals surface area contributed by atoms with Crippen molar-refractivity contribution in [2.24, 2.45) is 0 Å². The Bertz CT molecular complexity index is 799. The summed E-state index contributed by atoms with van der Waals surface area (Å²) in [6.07, 6.45) is 25.3. The maximum atomic E-state index is 12.5. The molecule has 0 aromatic carbocycles. The zero-order valence-corrected chi connectivity index (χ0v) is 30.5. The van der Waals surface area contributed by atoms with Gasteiger partial charge in [0.25, 0.3) is 7.82 Å². The molecular weight excluding hydrogens is 593 g/mol. The minimum absolute atomic E-state index is 0.0301.